The number of nitrogens with one attached hydrogen (secondary N) is 1. The fraction of sp³-hybridized carbons (Fsp3) is 0.500. The fourth-order valence-electron chi connectivity index (χ4n) is 2.10. The molecule has 1 heterocycles. The van der Waals surface area contributed by atoms with Crippen LogP contribution in [0.1, 0.15) is 18.4 Å². The molecule has 1 aromatic rings. The molecule has 16 heavy (non-hydrogen) atoms. The van der Waals surface area contributed by atoms with E-state index >= 15 is 0 Å². The van der Waals surface area contributed by atoms with Crippen molar-refractivity contribution in [1.29, 1.82) is 0 Å². The predicted octanol–water partition coefficient (Wildman–Crippen LogP) is 2.89. The first kappa shape index (κ1) is 11.9. The highest BCUT2D eigenvalue weighted by Crippen LogP contribution is 2.32. The van der Waals surface area contributed by atoms with Gasteiger partial charge in [-0.1, -0.05) is 0 Å². The van der Waals surface area contributed by atoms with Gasteiger partial charge in [-0.15, -0.1) is 0 Å². The van der Waals surface area contributed by atoms with Crippen molar-refractivity contribution in [3.63, 3.8) is 0 Å². The molecule has 0 bridgehead atoms. The average Bonchev–Trinajstić information content (AvgIpc) is 2.77. The van der Waals surface area contributed by atoms with Gasteiger partial charge in [0.15, 0.2) is 0 Å². The molecule has 1 fully saturated rings. The molecule has 2 nitrogen and oxygen atoms in total. The van der Waals surface area contributed by atoms with Crippen molar-refractivity contribution in [3.05, 3.63) is 28.0 Å². The number of rotatable bonds is 3. The molecule has 0 aromatic heterocycles. The zero-order chi connectivity index (χ0) is 11.5. The number of ether oxygens (including phenoxy) is 1. The molecule has 1 aliphatic rings. The van der Waals surface area contributed by atoms with Gasteiger partial charge in [-0.3, -0.25) is 0 Å². The molecule has 4 heteroatoms. The summed E-state index contributed by atoms with van der Waals surface area (Å²) >= 11 is 3.41. The Morgan fingerprint density at radius 3 is 3.00 bits per heavy atom. The van der Waals surface area contributed by atoms with E-state index in [4.69, 9.17) is 4.74 Å². The number of hydrogen-bond acceptors (Lipinski definition) is 2. The summed E-state index contributed by atoms with van der Waals surface area (Å²) in [7, 11) is 1.59. The summed E-state index contributed by atoms with van der Waals surface area (Å²) in [6.45, 7) is 1.04. The van der Waals surface area contributed by atoms with Crippen molar-refractivity contribution in [2.45, 2.75) is 25.3 Å². The highest BCUT2D eigenvalue weighted by molar-refractivity contribution is 9.10. The Labute approximate surface area is 103 Å². The molecular weight excluding hydrogens is 273 g/mol. The van der Waals surface area contributed by atoms with Crippen LogP contribution in [0.4, 0.5) is 4.39 Å². The summed E-state index contributed by atoms with van der Waals surface area (Å²) in [6, 6.07) is 3.50. The summed E-state index contributed by atoms with van der Waals surface area (Å²) in [5.74, 6) is 0.524. The third kappa shape index (κ3) is 2.38. The van der Waals surface area contributed by atoms with Crippen LogP contribution in [-0.2, 0) is 6.42 Å². The summed E-state index contributed by atoms with van der Waals surface area (Å²) in [6.07, 6.45) is 3.00. The molecule has 0 saturated carbocycles. The van der Waals surface area contributed by atoms with Crippen LogP contribution in [0.2, 0.25) is 0 Å². The van der Waals surface area contributed by atoms with Gasteiger partial charge in [-0.2, -0.15) is 0 Å². The third-order valence-electron chi connectivity index (χ3n) is 2.98. The summed E-state index contributed by atoms with van der Waals surface area (Å²) in [5.41, 5.74) is 0.707. The lowest BCUT2D eigenvalue weighted by Gasteiger charge is -2.14. The largest absolute Gasteiger partial charge is 0.496 e. The van der Waals surface area contributed by atoms with E-state index in [0.717, 1.165) is 17.4 Å². The first-order chi connectivity index (χ1) is 7.72. The smallest absolute Gasteiger partial charge is 0.133 e. The lowest BCUT2D eigenvalue weighted by atomic mass is 10.0. The number of methoxy groups -OCH3 is 1. The summed E-state index contributed by atoms with van der Waals surface area (Å²) in [5, 5.41) is 3.37. The van der Waals surface area contributed by atoms with Crippen molar-refractivity contribution < 1.29 is 9.13 Å². The van der Waals surface area contributed by atoms with Gasteiger partial charge in [-0.25, -0.2) is 4.39 Å². The van der Waals surface area contributed by atoms with E-state index in [0.29, 0.717) is 23.8 Å². The lowest BCUT2D eigenvalue weighted by Crippen LogP contribution is -2.24. The predicted molar refractivity (Wildman–Crippen MR) is 65.4 cm³/mol. The molecular formula is C12H15BrFNO. The first-order valence-electron chi connectivity index (χ1n) is 5.46. The lowest BCUT2D eigenvalue weighted by molar-refractivity contribution is 0.409. The second kappa shape index (κ2) is 5.15. The molecule has 1 aromatic carbocycles. The van der Waals surface area contributed by atoms with Gasteiger partial charge in [0.05, 0.1) is 11.6 Å². The standard InChI is InChI=1S/C12H15BrFNO/c1-16-11-5-4-10(14)9(12(11)13)7-8-3-2-6-15-8/h4-5,8,15H,2-3,6-7H2,1H3. The molecule has 1 atom stereocenters. The van der Waals surface area contributed by atoms with Gasteiger partial charge < -0.3 is 10.1 Å². The quantitative estimate of drug-likeness (QED) is 0.923. The van der Waals surface area contributed by atoms with Gasteiger partial charge in [0.2, 0.25) is 0 Å². The number of benzene rings is 1. The molecule has 2 rings (SSSR count). The zero-order valence-corrected chi connectivity index (χ0v) is 10.8. The maximum Gasteiger partial charge on any atom is 0.133 e. The van der Waals surface area contributed by atoms with Crippen molar-refractivity contribution in [2.24, 2.45) is 0 Å². The Morgan fingerprint density at radius 2 is 2.38 bits per heavy atom. The minimum Gasteiger partial charge on any atom is -0.496 e. The fourth-order valence-corrected chi connectivity index (χ4v) is 2.74. The van der Waals surface area contributed by atoms with E-state index in [1.165, 1.54) is 12.5 Å². The zero-order valence-electron chi connectivity index (χ0n) is 9.22. The van der Waals surface area contributed by atoms with E-state index in [9.17, 15) is 4.39 Å². The Hall–Kier alpha value is -0.610. The SMILES string of the molecule is COc1ccc(F)c(CC2CCCN2)c1Br. The molecule has 0 radical (unpaired) electrons. The van der Waals surface area contributed by atoms with Crippen LogP contribution in [0, 0.1) is 5.82 Å². The van der Waals surface area contributed by atoms with Crippen molar-refractivity contribution in [3.8, 4) is 5.75 Å². The molecule has 1 aliphatic heterocycles. The van der Waals surface area contributed by atoms with Crippen molar-refractivity contribution in [2.75, 3.05) is 13.7 Å². The van der Waals surface area contributed by atoms with Gasteiger partial charge in [0.25, 0.3) is 0 Å². The molecule has 1 N–H and O–H groups in total. The third-order valence-corrected chi connectivity index (χ3v) is 3.85. The summed E-state index contributed by atoms with van der Waals surface area (Å²) in [4.78, 5) is 0. The van der Waals surface area contributed by atoms with Crippen molar-refractivity contribution >= 4 is 15.9 Å². The molecule has 1 unspecified atom stereocenters. The van der Waals surface area contributed by atoms with E-state index < -0.39 is 0 Å². The second-order valence-electron chi connectivity index (χ2n) is 4.04. The Morgan fingerprint density at radius 1 is 1.56 bits per heavy atom. The van der Waals surface area contributed by atoms with Gasteiger partial charge in [0.1, 0.15) is 11.6 Å². The van der Waals surface area contributed by atoms with E-state index in [-0.39, 0.29) is 5.82 Å². The van der Waals surface area contributed by atoms with Crippen LogP contribution in [0.3, 0.4) is 0 Å². The topological polar surface area (TPSA) is 21.3 Å². The van der Waals surface area contributed by atoms with Crippen LogP contribution >= 0.6 is 15.9 Å². The average molecular weight is 288 g/mol. The van der Waals surface area contributed by atoms with Crippen LogP contribution in [-0.4, -0.2) is 19.7 Å². The first-order valence-corrected chi connectivity index (χ1v) is 6.26. The Bertz CT molecular complexity index is 378. The van der Waals surface area contributed by atoms with Crippen LogP contribution < -0.4 is 10.1 Å². The van der Waals surface area contributed by atoms with Crippen LogP contribution in [0.5, 0.6) is 5.75 Å². The summed E-state index contributed by atoms with van der Waals surface area (Å²) < 4.78 is 19.6. The highest BCUT2D eigenvalue weighted by Gasteiger charge is 2.19. The van der Waals surface area contributed by atoms with Gasteiger partial charge in [0, 0.05) is 11.6 Å². The minimum absolute atomic E-state index is 0.165. The van der Waals surface area contributed by atoms with E-state index in [1.807, 2.05) is 0 Å². The second-order valence-corrected chi connectivity index (χ2v) is 4.83. The molecule has 1 saturated heterocycles. The maximum atomic E-state index is 13.7. The van der Waals surface area contributed by atoms with Gasteiger partial charge in [-0.05, 0) is 53.9 Å². The van der Waals surface area contributed by atoms with Gasteiger partial charge >= 0.3 is 0 Å². The normalized spacial score (nSPS) is 20.1. The molecule has 0 amide bonds. The highest BCUT2D eigenvalue weighted by atomic mass is 79.9. The Kier molecular flexibility index (Phi) is 3.82. The minimum atomic E-state index is -0.165. The van der Waals surface area contributed by atoms with Crippen LogP contribution in [0.25, 0.3) is 0 Å². The van der Waals surface area contributed by atoms with E-state index in [2.05, 4.69) is 21.2 Å². The molecule has 88 valence electrons. The number of hydrogen-bond donors (Lipinski definition) is 1. The Balaban J connectivity index is 2.23. The maximum absolute atomic E-state index is 13.7. The van der Waals surface area contributed by atoms with Crippen LogP contribution in [0.15, 0.2) is 16.6 Å². The molecule has 0 spiro atoms. The van der Waals surface area contributed by atoms with E-state index in [1.54, 1.807) is 13.2 Å². The number of halogens is 2. The van der Waals surface area contributed by atoms with Crippen molar-refractivity contribution in [1.82, 2.24) is 5.32 Å². The molecule has 0 aliphatic carbocycles. The monoisotopic (exact) mass is 287 g/mol.